The molecule has 1 aromatic carbocycles. The van der Waals surface area contributed by atoms with Gasteiger partial charge in [-0.05, 0) is 36.8 Å². The molecular formula is C21H24ClN3O3. The average Bonchev–Trinajstić information content (AvgIpc) is 2.69. The first-order valence-corrected chi connectivity index (χ1v) is 9.60. The van der Waals surface area contributed by atoms with Crippen molar-refractivity contribution < 1.29 is 14.3 Å². The summed E-state index contributed by atoms with van der Waals surface area (Å²) in [5.41, 5.74) is 1.97. The summed E-state index contributed by atoms with van der Waals surface area (Å²) in [4.78, 5) is 17.6. The van der Waals surface area contributed by atoms with Gasteiger partial charge in [0.25, 0.3) is 0 Å². The van der Waals surface area contributed by atoms with E-state index in [1.54, 1.807) is 12.3 Å². The van der Waals surface area contributed by atoms with Crippen LogP contribution < -0.4 is 15.0 Å². The first kappa shape index (κ1) is 20.2. The molecule has 1 amide bonds. The number of pyridine rings is 1. The predicted octanol–water partition coefficient (Wildman–Crippen LogP) is 3.90. The molecule has 0 bridgehead atoms. The fraction of sp³-hybridized carbons (Fsp3) is 0.333. The highest BCUT2D eigenvalue weighted by Crippen LogP contribution is 2.32. The number of halogens is 1. The van der Waals surface area contributed by atoms with Gasteiger partial charge in [0.1, 0.15) is 5.75 Å². The normalized spacial score (nSPS) is 15.5. The van der Waals surface area contributed by atoms with E-state index in [1.807, 2.05) is 43.3 Å². The van der Waals surface area contributed by atoms with Crippen molar-refractivity contribution in [2.24, 2.45) is 0 Å². The Bertz CT molecular complexity index is 833. The Balaban J connectivity index is 1.62. The molecule has 7 heteroatoms. The van der Waals surface area contributed by atoms with Gasteiger partial charge in [0.2, 0.25) is 11.8 Å². The molecule has 2 aromatic rings. The van der Waals surface area contributed by atoms with Crippen molar-refractivity contribution in [3.8, 4) is 11.6 Å². The molecule has 2 heterocycles. The molecule has 28 heavy (non-hydrogen) atoms. The molecular weight excluding hydrogens is 378 g/mol. The Morgan fingerprint density at radius 3 is 2.75 bits per heavy atom. The van der Waals surface area contributed by atoms with E-state index in [2.05, 4.69) is 15.2 Å². The van der Waals surface area contributed by atoms with Crippen molar-refractivity contribution in [3.05, 3.63) is 53.2 Å². The Kier molecular flexibility index (Phi) is 6.90. The van der Waals surface area contributed by atoms with Crippen molar-refractivity contribution in [1.29, 1.82) is 0 Å². The van der Waals surface area contributed by atoms with Crippen LogP contribution in [-0.4, -0.2) is 43.2 Å². The van der Waals surface area contributed by atoms with Gasteiger partial charge in [0.05, 0.1) is 18.2 Å². The molecule has 1 aliphatic rings. The molecule has 148 valence electrons. The average molecular weight is 402 g/mol. The highest BCUT2D eigenvalue weighted by atomic mass is 35.5. The van der Waals surface area contributed by atoms with Crippen LogP contribution in [0.25, 0.3) is 6.08 Å². The summed E-state index contributed by atoms with van der Waals surface area (Å²) in [6, 6.07) is 9.40. The van der Waals surface area contributed by atoms with E-state index in [9.17, 15) is 4.79 Å². The van der Waals surface area contributed by atoms with Gasteiger partial charge in [-0.2, -0.15) is 0 Å². The summed E-state index contributed by atoms with van der Waals surface area (Å²) >= 11 is 6.40. The largest absolute Gasteiger partial charge is 0.437 e. The van der Waals surface area contributed by atoms with Crippen LogP contribution >= 0.6 is 11.6 Å². The second-order valence-corrected chi connectivity index (χ2v) is 7.00. The fourth-order valence-corrected chi connectivity index (χ4v) is 3.09. The van der Waals surface area contributed by atoms with Gasteiger partial charge in [0, 0.05) is 44.0 Å². The number of benzene rings is 1. The van der Waals surface area contributed by atoms with Gasteiger partial charge in [0.15, 0.2) is 0 Å². The molecule has 0 unspecified atom stereocenters. The highest BCUT2D eigenvalue weighted by molar-refractivity contribution is 6.32. The van der Waals surface area contributed by atoms with E-state index in [0.717, 1.165) is 37.6 Å². The zero-order chi connectivity index (χ0) is 19.9. The lowest BCUT2D eigenvalue weighted by Crippen LogP contribution is -2.36. The van der Waals surface area contributed by atoms with Gasteiger partial charge < -0.3 is 19.7 Å². The highest BCUT2D eigenvalue weighted by Gasteiger charge is 2.13. The van der Waals surface area contributed by atoms with Crippen LogP contribution in [0.4, 0.5) is 5.69 Å². The van der Waals surface area contributed by atoms with Crippen molar-refractivity contribution >= 4 is 29.3 Å². The smallest absolute Gasteiger partial charge is 0.219 e. The number of hydrogen-bond donors (Lipinski definition) is 1. The Hall–Kier alpha value is -2.57. The molecule has 3 rings (SSSR count). The summed E-state index contributed by atoms with van der Waals surface area (Å²) in [6.45, 7) is 6.57. The number of hydrogen-bond acceptors (Lipinski definition) is 5. The molecule has 1 saturated heterocycles. The van der Waals surface area contributed by atoms with E-state index in [0.29, 0.717) is 16.7 Å². The number of carbonyl (C=O) groups is 1. The fourth-order valence-electron chi connectivity index (χ4n) is 2.88. The van der Waals surface area contributed by atoms with E-state index >= 15 is 0 Å². The third kappa shape index (κ3) is 5.71. The zero-order valence-electron chi connectivity index (χ0n) is 16.0. The van der Waals surface area contributed by atoms with Crippen LogP contribution in [0.2, 0.25) is 5.02 Å². The number of nitrogens with one attached hydrogen (secondary N) is 1. The van der Waals surface area contributed by atoms with Gasteiger partial charge >= 0.3 is 0 Å². The summed E-state index contributed by atoms with van der Waals surface area (Å²) < 4.78 is 11.2. The maximum atomic E-state index is 11.0. The van der Waals surface area contributed by atoms with Gasteiger partial charge in [-0.1, -0.05) is 23.8 Å². The Morgan fingerprint density at radius 1 is 1.32 bits per heavy atom. The van der Waals surface area contributed by atoms with Gasteiger partial charge in [-0.3, -0.25) is 4.79 Å². The summed E-state index contributed by atoms with van der Waals surface area (Å²) in [6.07, 6.45) is 5.52. The van der Waals surface area contributed by atoms with Gasteiger partial charge in [-0.25, -0.2) is 4.98 Å². The second kappa shape index (κ2) is 9.57. The number of aromatic nitrogens is 1. The third-order valence-electron chi connectivity index (χ3n) is 4.27. The number of morpholine rings is 1. The monoisotopic (exact) mass is 401 g/mol. The minimum absolute atomic E-state index is 0.0442. The minimum atomic E-state index is -0.0597. The molecule has 6 nitrogen and oxygen atoms in total. The van der Waals surface area contributed by atoms with Crippen LogP contribution in [0, 0.1) is 0 Å². The second-order valence-electron chi connectivity index (χ2n) is 6.59. The SMILES string of the molecule is CC(=O)N[C@@H](C)/C=C/c1ccc(Oc2ccc(N3CCOCC3)cc2Cl)nc1. The molecule has 1 aromatic heterocycles. The molecule has 0 spiro atoms. The number of rotatable bonds is 6. The first-order chi connectivity index (χ1) is 13.5. The maximum Gasteiger partial charge on any atom is 0.219 e. The van der Waals surface area contributed by atoms with Crippen LogP contribution in [-0.2, 0) is 9.53 Å². The van der Waals surface area contributed by atoms with E-state index in [1.165, 1.54) is 6.92 Å². The lowest BCUT2D eigenvalue weighted by atomic mass is 10.2. The molecule has 1 fully saturated rings. The third-order valence-corrected chi connectivity index (χ3v) is 4.57. The molecule has 0 saturated carbocycles. The molecule has 1 atom stereocenters. The Morgan fingerprint density at radius 2 is 2.11 bits per heavy atom. The number of carbonyl (C=O) groups excluding carboxylic acids is 1. The quantitative estimate of drug-likeness (QED) is 0.795. The molecule has 0 aliphatic carbocycles. The predicted molar refractivity (Wildman–Crippen MR) is 111 cm³/mol. The van der Waals surface area contributed by atoms with Crippen molar-refractivity contribution in [1.82, 2.24) is 10.3 Å². The van der Waals surface area contributed by atoms with Crippen LogP contribution in [0.15, 0.2) is 42.6 Å². The van der Waals surface area contributed by atoms with Crippen molar-refractivity contribution in [2.75, 3.05) is 31.2 Å². The maximum absolute atomic E-state index is 11.0. The summed E-state index contributed by atoms with van der Waals surface area (Å²) in [7, 11) is 0. The van der Waals surface area contributed by atoms with Crippen LogP contribution in [0.5, 0.6) is 11.6 Å². The number of amides is 1. The first-order valence-electron chi connectivity index (χ1n) is 9.23. The summed E-state index contributed by atoms with van der Waals surface area (Å²) in [5.74, 6) is 0.970. The minimum Gasteiger partial charge on any atom is -0.437 e. The van der Waals surface area contributed by atoms with Crippen molar-refractivity contribution in [2.45, 2.75) is 19.9 Å². The topological polar surface area (TPSA) is 63.7 Å². The van der Waals surface area contributed by atoms with Crippen LogP contribution in [0.3, 0.4) is 0 Å². The number of anilines is 1. The molecule has 0 radical (unpaired) electrons. The van der Waals surface area contributed by atoms with Crippen molar-refractivity contribution in [3.63, 3.8) is 0 Å². The Labute approximate surface area is 170 Å². The zero-order valence-corrected chi connectivity index (χ0v) is 16.8. The number of ether oxygens (including phenoxy) is 2. The summed E-state index contributed by atoms with van der Waals surface area (Å²) in [5, 5.41) is 3.34. The van der Waals surface area contributed by atoms with Crippen LogP contribution in [0.1, 0.15) is 19.4 Å². The van der Waals surface area contributed by atoms with E-state index in [4.69, 9.17) is 21.1 Å². The molecule has 1 N–H and O–H groups in total. The lowest BCUT2D eigenvalue weighted by Gasteiger charge is -2.29. The van der Waals surface area contributed by atoms with E-state index < -0.39 is 0 Å². The van der Waals surface area contributed by atoms with E-state index in [-0.39, 0.29) is 11.9 Å². The lowest BCUT2D eigenvalue weighted by molar-refractivity contribution is -0.119. The standard InChI is InChI=1S/C21H24ClN3O3/c1-15(24-16(2)26)3-4-17-5-8-21(23-14-17)28-20-7-6-18(13-19(20)22)25-9-11-27-12-10-25/h3-8,13-15H,9-12H2,1-2H3,(H,24,26)/b4-3+/t15-/m0/s1. The number of nitrogens with zero attached hydrogens (tertiary/aromatic N) is 2. The molecule has 1 aliphatic heterocycles. The van der Waals surface area contributed by atoms with Gasteiger partial charge in [-0.15, -0.1) is 0 Å².